The van der Waals surface area contributed by atoms with Crippen LogP contribution in [0.2, 0.25) is 5.02 Å². The fraction of sp³-hybridized carbons (Fsp3) is 0.154. The summed E-state index contributed by atoms with van der Waals surface area (Å²) in [6, 6.07) is 21.6. The highest BCUT2D eigenvalue weighted by atomic mass is 35.5. The van der Waals surface area contributed by atoms with Crippen LogP contribution in [0, 0.1) is 0 Å². The van der Waals surface area contributed by atoms with Crippen molar-refractivity contribution in [1.29, 1.82) is 0 Å². The number of nitrogens with zero attached hydrogens (tertiary/aromatic N) is 3. The topological polar surface area (TPSA) is 127 Å². The largest absolute Gasteiger partial charge is 0.354 e. The van der Waals surface area contributed by atoms with Crippen molar-refractivity contribution in [3.05, 3.63) is 94.6 Å². The highest BCUT2D eigenvalue weighted by Crippen LogP contribution is 2.24. The lowest BCUT2D eigenvalue weighted by Crippen LogP contribution is -2.48. The third-order valence-corrected chi connectivity index (χ3v) is 6.23. The molecule has 0 spiro atoms. The Labute approximate surface area is 218 Å². The average Bonchev–Trinajstić information content (AvgIpc) is 3.59. The highest BCUT2D eigenvalue weighted by molar-refractivity contribution is 6.30. The second-order valence-electron chi connectivity index (χ2n) is 8.49. The number of hydrazine groups is 2. The molecule has 0 radical (unpaired) electrons. The first-order chi connectivity index (χ1) is 18.1. The molecule has 1 aromatic heterocycles. The number of aromatic amines is 1. The van der Waals surface area contributed by atoms with Crippen LogP contribution < -0.4 is 26.7 Å². The van der Waals surface area contributed by atoms with Gasteiger partial charge in [-0.15, -0.1) is 5.53 Å². The first-order valence-electron chi connectivity index (χ1n) is 11.8. The van der Waals surface area contributed by atoms with Crippen LogP contribution in [0.15, 0.2) is 77.9 Å². The molecule has 5 rings (SSSR count). The zero-order valence-electron chi connectivity index (χ0n) is 19.7. The van der Waals surface area contributed by atoms with E-state index in [0.717, 1.165) is 22.3 Å². The second-order valence-corrected chi connectivity index (χ2v) is 8.92. The SMILES string of the molecule is O=C(N[C@@H](Cc1ccccc1)C(=O)NCCc1cc(Cl)ccc1N1C=NNN1)c1n[nH]c2ccccc12. The molecule has 2 heterocycles. The van der Waals surface area contributed by atoms with Crippen LogP contribution in [0.4, 0.5) is 5.69 Å². The molecule has 0 saturated carbocycles. The highest BCUT2D eigenvalue weighted by Gasteiger charge is 2.24. The first-order valence-corrected chi connectivity index (χ1v) is 12.1. The van der Waals surface area contributed by atoms with Crippen LogP contribution in [-0.4, -0.2) is 40.9 Å². The number of para-hydroxylation sites is 1. The van der Waals surface area contributed by atoms with Gasteiger partial charge in [0, 0.05) is 23.4 Å². The van der Waals surface area contributed by atoms with Crippen molar-refractivity contribution < 1.29 is 9.59 Å². The van der Waals surface area contributed by atoms with Gasteiger partial charge in [-0.1, -0.05) is 60.1 Å². The predicted octanol–water partition coefficient (Wildman–Crippen LogP) is 2.69. The number of nitrogens with one attached hydrogen (secondary N) is 5. The number of amides is 2. The van der Waals surface area contributed by atoms with Crippen molar-refractivity contribution in [2.45, 2.75) is 18.9 Å². The molecule has 4 aromatic rings. The number of halogens is 1. The molecule has 0 bridgehead atoms. The van der Waals surface area contributed by atoms with Gasteiger partial charge in [-0.2, -0.15) is 10.2 Å². The number of carbonyl (C=O) groups is 2. The number of hydrazone groups is 1. The minimum absolute atomic E-state index is 0.249. The molecular formula is C26H25ClN8O2. The van der Waals surface area contributed by atoms with Gasteiger partial charge < -0.3 is 10.6 Å². The van der Waals surface area contributed by atoms with Crippen LogP contribution in [0.25, 0.3) is 10.9 Å². The molecule has 10 nitrogen and oxygen atoms in total. The third-order valence-electron chi connectivity index (χ3n) is 5.99. The predicted molar refractivity (Wildman–Crippen MR) is 143 cm³/mol. The van der Waals surface area contributed by atoms with E-state index < -0.39 is 11.9 Å². The Morgan fingerprint density at radius 1 is 1.03 bits per heavy atom. The molecule has 1 aliphatic heterocycles. The molecule has 37 heavy (non-hydrogen) atoms. The van der Waals surface area contributed by atoms with Crippen molar-refractivity contribution in [3.63, 3.8) is 0 Å². The van der Waals surface area contributed by atoms with E-state index in [1.165, 1.54) is 0 Å². The summed E-state index contributed by atoms with van der Waals surface area (Å²) in [5.74, 6) is -0.708. The molecule has 1 atom stereocenters. The number of aromatic nitrogens is 2. The van der Waals surface area contributed by atoms with Crippen molar-refractivity contribution in [1.82, 2.24) is 31.9 Å². The van der Waals surface area contributed by atoms with E-state index in [0.29, 0.717) is 29.8 Å². The Bertz CT molecular complexity index is 1440. The van der Waals surface area contributed by atoms with Crippen molar-refractivity contribution in [3.8, 4) is 0 Å². The molecule has 5 N–H and O–H groups in total. The summed E-state index contributed by atoms with van der Waals surface area (Å²) in [6.45, 7) is 0.344. The van der Waals surface area contributed by atoms with Gasteiger partial charge in [0.15, 0.2) is 5.69 Å². The Hall–Kier alpha value is -4.41. The molecule has 0 unspecified atom stereocenters. The molecule has 0 saturated heterocycles. The van der Waals surface area contributed by atoms with Crippen LogP contribution in [0.1, 0.15) is 21.6 Å². The first kappa shape index (κ1) is 24.3. The third kappa shape index (κ3) is 5.71. The van der Waals surface area contributed by atoms with Crippen molar-refractivity contribution in [2.75, 3.05) is 11.6 Å². The number of hydrogen-bond acceptors (Lipinski definition) is 7. The molecule has 0 fully saturated rings. The summed E-state index contributed by atoms with van der Waals surface area (Å²) in [6.07, 6.45) is 2.46. The standard InChI is InChI=1S/C26H25ClN8O2/c27-19-10-11-23(35-16-29-33-34-35)18(15-19)12-13-28-25(36)22(14-17-6-2-1-3-7-17)30-26(37)24-20-8-4-5-9-21(20)31-32-24/h1-11,15-16,22,33-34H,12-14H2,(H,28,36)(H,30,37)(H,31,32)/t22-/m0/s1. The van der Waals surface area contributed by atoms with Gasteiger partial charge >= 0.3 is 0 Å². The van der Waals surface area contributed by atoms with Crippen molar-refractivity contribution >= 4 is 46.3 Å². The van der Waals surface area contributed by atoms with Gasteiger partial charge in [0.05, 0.1) is 11.2 Å². The van der Waals surface area contributed by atoms with Gasteiger partial charge in [-0.3, -0.25) is 14.7 Å². The number of anilines is 1. The van der Waals surface area contributed by atoms with E-state index >= 15 is 0 Å². The maximum atomic E-state index is 13.3. The van der Waals surface area contributed by atoms with Gasteiger partial charge in [0.2, 0.25) is 5.91 Å². The Morgan fingerprint density at radius 3 is 2.65 bits per heavy atom. The van der Waals surface area contributed by atoms with Crippen LogP contribution in [0.3, 0.4) is 0 Å². The number of fused-ring (bicyclic) bond motifs is 1. The molecule has 0 aliphatic carbocycles. The van der Waals surface area contributed by atoms with Crippen LogP contribution in [0.5, 0.6) is 0 Å². The summed E-state index contributed by atoms with van der Waals surface area (Å²) < 4.78 is 0. The van der Waals surface area contributed by atoms with E-state index in [2.05, 4.69) is 37.0 Å². The quantitative estimate of drug-likeness (QED) is 0.233. The molecule has 1 aliphatic rings. The number of benzene rings is 3. The van der Waals surface area contributed by atoms with E-state index in [1.54, 1.807) is 17.4 Å². The number of hydrogen-bond donors (Lipinski definition) is 5. The lowest BCUT2D eigenvalue weighted by Gasteiger charge is -2.20. The summed E-state index contributed by atoms with van der Waals surface area (Å²) in [7, 11) is 0. The van der Waals surface area contributed by atoms with Crippen molar-refractivity contribution in [2.24, 2.45) is 5.10 Å². The van der Waals surface area contributed by atoms with Crippen LogP contribution >= 0.6 is 11.6 Å². The Balaban J connectivity index is 1.29. The molecular weight excluding hydrogens is 492 g/mol. The van der Waals surface area contributed by atoms with Gasteiger partial charge in [0.25, 0.3) is 5.91 Å². The normalized spacial score (nSPS) is 13.4. The monoisotopic (exact) mass is 516 g/mol. The zero-order valence-corrected chi connectivity index (χ0v) is 20.5. The molecule has 188 valence electrons. The molecule has 3 aromatic carbocycles. The molecule has 2 amide bonds. The van der Waals surface area contributed by atoms with E-state index in [9.17, 15) is 9.59 Å². The van der Waals surface area contributed by atoms with Gasteiger partial charge in [0.1, 0.15) is 12.4 Å². The molecule has 11 heteroatoms. The Morgan fingerprint density at radius 2 is 1.84 bits per heavy atom. The minimum Gasteiger partial charge on any atom is -0.354 e. The lowest BCUT2D eigenvalue weighted by molar-refractivity contribution is -0.122. The van der Waals surface area contributed by atoms with E-state index in [-0.39, 0.29) is 11.6 Å². The van der Waals surface area contributed by atoms with Gasteiger partial charge in [-0.05, 0) is 41.8 Å². The second kappa shape index (κ2) is 11.1. The number of carbonyl (C=O) groups excluding carboxylic acids is 2. The van der Waals surface area contributed by atoms with E-state index in [1.807, 2.05) is 66.7 Å². The summed E-state index contributed by atoms with van der Waals surface area (Å²) in [5.41, 5.74) is 9.26. The summed E-state index contributed by atoms with van der Waals surface area (Å²) >= 11 is 6.22. The smallest absolute Gasteiger partial charge is 0.273 e. The fourth-order valence-corrected chi connectivity index (χ4v) is 4.37. The van der Waals surface area contributed by atoms with Gasteiger partial charge in [-0.25, -0.2) is 10.5 Å². The fourth-order valence-electron chi connectivity index (χ4n) is 4.18. The Kier molecular flexibility index (Phi) is 7.29. The number of rotatable bonds is 9. The zero-order chi connectivity index (χ0) is 25.6. The number of H-pyrrole nitrogens is 1. The van der Waals surface area contributed by atoms with E-state index in [4.69, 9.17) is 11.6 Å². The minimum atomic E-state index is -0.791. The maximum Gasteiger partial charge on any atom is 0.273 e. The lowest BCUT2D eigenvalue weighted by atomic mass is 10.0. The summed E-state index contributed by atoms with van der Waals surface area (Å²) in [5, 5.41) is 19.8. The average molecular weight is 517 g/mol. The maximum absolute atomic E-state index is 13.3. The van der Waals surface area contributed by atoms with Crippen LogP contribution in [-0.2, 0) is 17.6 Å². The summed E-state index contributed by atoms with van der Waals surface area (Å²) in [4.78, 5) is 26.4.